The lowest BCUT2D eigenvalue weighted by Gasteiger charge is -2.28. The summed E-state index contributed by atoms with van der Waals surface area (Å²) in [5, 5.41) is 2.06. The number of nitrogens with one attached hydrogen (secondary N) is 1. The van der Waals surface area contributed by atoms with Crippen LogP contribution in [0.1, 0.15) is 22.3 Å². The van der Waals surface area contributed by atoms with E-state index in [-0.39, 0.29) is 40.0 Å². The van der Waals surface area contributed by atoms with Gasteiger partial charge in [0.25, 0.3) is 5.91 Å². The van der Waals surface area contributed by atoms with Crippen LogP contribution in [0.15, 0.2) is 48.5 Å². The number of halogens is 2. The van der Waals surface area contributed by atoms with Crippen LogP contribution in [0, 0.1) is 30.6 Å². The standard InChI is InChI=1S/C25H22Cl2N2O5/c1-12-4-2-3-5-17(12)28-18(30)11-34-25(33)13-6-8-14(9-7-13)29-23(31)19-15-10-16(20(19)24(29)32)22(27)21(15)26/h2-9,15-16,19-22H,10-11H2,1H3,(H,28,30)/t15-,16-,19-,20+,21+,22+/m1/s1. The molecular weight excluding hydrogens is 479 g/mol. The number of fused-ring (bicyclic) bond motifs is 5. The van der Waals surface area contributed by atoms with E-state index >= 15 is 0 Å². The number of ether oxygens (including phenoxy) is 1. The number of rotatable bonds is 5. The maximum absolute atomic E-state index is 13.1. The molecule has 9 heteroatoms. The molecule has 0 unspecified atom stereocenters. The van der Waals surface area contributed by atoms with Crippen LogP contribution in [0.3, 0.4) is 0 Å². The van der Waals surface area contributed by atoms with Crippen molar-refractivity contribution in [2.24, 2.45) is 23.7 Å². The summed E-state index contributed by atoms with van der Waals surface area (Å²) in [6.45, 7) is 1.42. The van der Waals surface area contributed by atoms with Gasteiger partial charge < -0.3 is 10.1 Å². The van der Waals surface area contributed by atoms with Gasteiger partial charge in [0.15, 0.2) is 6.61 Å². The highest BCUT2D eigenvalue weighted by Gasteiger charge is 2.66. The number of carbonyl (C=O) groups excluding carboxylic acids is 4. The van der Waals surface area contributed by atoms with Crippen molar-refractivity contribution in [3.8, 4) is 0 Å². The number of carbonyl (C=O) groups is 4. The zero-order chi connectivity index (χ0) is 24.1. The molecule has 6 atom stereocenters. The predicted octanol–water partition coefficient (Wildman–Crippen LogP) is 3.76. The minimum absolute atomic E-state index is 0.0966. The number of hydrogen-bond donors (Lipinski definition) is 1. The fraction of sp³-hybridized carbons (Fsp3) is 0.360. The molecule has 1 saturated heterocycles. The largest absolute Gasteiger partial charge is 0.452 e. The molecule has 2 saturated carbocycles. The maximum Gasteiger partial charge on any atom is 0.338 e. The van der Waals surface area contributed by atoms with Gasteiger partial charge in [-0.05, 0) is 61.1 Å². The van der Waals surface area contributed by atoms with Crippen molar-refractivity contribution in [1.82, 2.24) is 0 Å². The highest BCUT2D eigenvalue weighted by atomic mass is 35.5. The Balaban J connectivity index is 1.22. The Labute approximate surface area is 206 Å². The molecule has 3 fully saturated rings. The van der Waals surface area contributed by atoms with Crippen LogP contribution in [-0.2, 0) is 19.1 Å². The third-order valence-corrected chi connectivity index (χ3v) is 8.42. The van der Waals surface area contributed by atoms with Crippen LogP contribution in [0.2, 0.25) is 0 Å². The number of esters is 1. The molecule has 2 aromatic carbocycles. The number of alkyl halides is 2. The van der Waals surface area contributed by atoms with Gasteiger partial charge in [-0.3, -0.25) is 19.3 Å². The average Bonchev–Trinajstić information content (AvgIpc) is 3.44. The molecule has 3 aliphatic rings. The molecule has 0 aromatic heterocycles. The highest BCUT2D eigenvalue weighted by Crippen LogP contribution is 2.59. The molecular formula is C25H22Cl2N2O5. The lowest BCUT2D eigenvalue weighted by atomic mass is 9.80. The van der Waals surface area contributed by atoms with E-state index in [0.717, 1.165) is 5.56 Å². The molecule has 1 N–H and O–H groups in total. The van der Waals surface area contributed by atoms with E-state index in [4.69, 9.17) is 27.9 Å². The van der Waals surface area contributed by atoms with Crippen molar-refractivity contribution in [3.05, 3.63) is 59.7 Å². The summed E-state index contributed by atoms with van der Waals surface area (Å²) in [6.07, 6.45) is 0.700. The van der Waals surface area contributed by atoms with Crippen molar-refractivity contribution in [2.45, 2.75) is 24.1 Å². The van der Waals surface area contributed by atoms with E-state index < -0.39 is 30.3 Å². The molecule has 5 rings (SSSR count). The number of amides is 3. The third-order valence-electron chi connectivity index (χ3n) is 7.10. The Bertz CT molecular complexity index is 1150. The Morgan fingerprint density at radius 2 is 1.56 bits per heavy atom. The summed E-state index contributed by atoms with van der Waals surface area (Å²) in [6, 6.07) is 13.3. The van der Waals surface area contributed by atoms with E-state index in [1.54, 1.807) is 12.1 Å². The second-order valence-corrected chi connectivity index (χ2v) is 10.0. The number of aryl methyl sites for hydroxylation is 1. The van der Waals surface area contributed by atoms with E-state index in [2.05, 4.69) is 5.32 Å². The van der Waals surface area contributed by atoms with Crippen LogP contribution in [0.4, 0.5) is 11.4 Å². The molecule has 2 aliphatic carbocycles. The fourth-order valence-corrected chi connectivity index (χ4v) is 6.36. The molecule has 0 radical (unpaired) electrons. The van der Waals surface area contributed by atoms with E-state index in [0.29, 0.717) is 17.8 Å². The topological polar surface area (TPSA) is 92.8 Å². The summed E-state index contributed by atoms with van der Waals surface area (Å²) >= 11 is 12.8. The average molecular weight is 501 g/mol. The van der Waals surface area contributed by atoms with E-state index in [1.165, 1.54) is 29.2 Å². The van der Waals surface area contributed by atoms with Crippen LogP contribution in [-0.4, -0.2) is 41.1 Å². The molecule has 2 aromatic rings. The molecule has 176 valence electrons. The zero-order valence-electron chi connectivity index (χ0n) is 18.2. The van der Waals surface area contributed by atoms with Gasteiger partial charge in [0.1, 0.15) is 0 Å². The zero-order valence-corrected chi connectivity index (χ0v) is 19.8. The number of imide groups is 1. The molecule has 0 spiro atoms. The van der Waals surface area contributed by atoms with Crippen LogP contribution in [0.25, 0.3) is 0 Å². The van der Waals surface area contributed by atoms with Crippen molar-refractivity contribution < 1.29 is 23.9 Å². The van der Waals surface area contributed by atoms with Gasteiger partial charge in [0, 0.05) is 5.69 Å². The first-order chi connectivity index (χ1) is 16.3. The van der Waals surface area contributed by atoms with Crippen molar-refractivity contribution >= 4 is 58.3 Å². The SMILES string of the molecule is Cc1ccccc1NC(=O)COC(=O)c1ccc(N2C(=O)[C@@H]3[C@H]4C[C@@H]([C@H](Cl)[C@H]4Cl)[C@@H]3C2=O)cc1. The number of anilines is 2. The number of benzene rings is 2. The summed E-state index contributed by atoms with van der Waals surface area (Å²) in [5.74, 6) is -2.74. The quantitative estimate of drug-likeness (QED) is 0.383. The summed E-state index contributed by atoms with van der Waals surface area (Å²) in [5.41, 5.74) is 2.12. The monoisotopic (exact) mass is 500 g/mol. The maximum atomic E-state index is 13.1. The molecule has 3 amide bonds. The fourth-order valence-electron chi connectivity index (χ4n) is 5.46. The van der Waals surface area contributed by atoms with Crippen LogP contribution in [0.5, 0.6) is 0 Å². The van der Waals surface area contributed by atoms with Crippen molar-refractivity contribution in [3.63, 3.8) is 0 Å². The lowest BCUT2D eigenvalue weighted by molar-refractivity contribution is -0.123. The van der Waals surface area contributed by atoms with Gasteiger partial charge in [-0.25, -0.2) is 4.79 Å². The van der Waals surface area contributed by atoms with Gasteiger partial charge in [-0.15, -0.1) is 23.2 Å². The van der Waals surface area contributed by atoms with Crippen molar-refractivity contribution in [1.29, 1.82) is 0 Å². The Hall–Kier alpha value is -2.90. The smallest absolute Gasteiger partial charge is 0.338 e. The van der Waals surface area contributed by atoms with Gasteiger partial charge >= 0.3 is 5.97 Å². The Morgan fingerprint density at radius 1 is 0.971 bits per heavy atom. The summed E-state index contributed by atoms with van der Waals surface area (Å²) in [7, 11) is 0. The normalized spacial score (nSPS) is 29.3. The molecule has 1 heterocycles. The van der Waals surface area contributed by atoms with Crippen LogP contribution < -0.4 is 10.2 Å². The Morgan fingerprint density at radius 3 is 2.15 bits per heavy atom. The molecule has 1 aliphatic heterocycles. The summed E-state index contributed by atoms with van der Waals surface area (Å²) < 4.78 is 5.10. The molecule has 34 heavy (non-hydrogen) atoms. The number of para-hydroxylation sites is 1. The van der Waals surface area contributed by atoms with Gasteiger partial charge in [-0.1, -0.05) is 18.2 Å². The van der Waals surface area contributed by atoms with Gasteiger partial charge in [0.2, 0.25) is 11.8 Å². The second-order valence-electron chi connectivity index (χ2n) is 9.00. The van der Waals surface area contributed by atoms with Crippen LogP contribution >= 0.6 is 23.2 Å². The Kier molecular flexibility index (Phi) is 5.86. The third kappa shape index (κ3) is 3.67. The lowest BCUT2D eigenvalue weighted by Crippen LogP contribution is -2.37. The first kappa shape index (κ1) is 22.9. The first-order valence-electron chi connectivity index (χ1n) is 11.1. The van der Waals surface area contributed by atoms with Gasteiger partial charge in [-0.2, -0.15) is 0 Å². The minimum Gasteiger partial charge on any atom is -0.452 e. The highest BCUT2D eigenvalue weighted by molar-refractivity contribution is 6.32. The first-order valence-corrected chi connectivity index (χ1v) is 11.9. The number of nitrogens with zero attached hydrogens (tertiary/aromatic N) is 1. The molecule has 7 nitrogen and oxygen atoms in total. The molecule has 2 bridgehead atoms. The summed E-state index contributed by atoms with van der Waals surface area (Å²) in [4.78, 5) is 51.8. The second kappa shape index (κ2) is 8.71. The number of hydrogen-bond acceptors (Lipinski definition) is 5. The van der Waals surface area contributed by atoms with E-state index in [9.17, 15) is 19.2 Å². The van der Waals surface area contributed by atoms with E-state index in [1.807, 2.05) is 19.1 Å². The van der Waals surface area contributed by atoms with Gasteiger partial charge in [0.05, 0.1) is 33.8 Å². The predicted molar refractivity (Wildman–Crippen MR) is 127 cm³/mol. The van der Waals surface area contributed by atoms with Crippen molar-refractivity contribution in [2.75, 3.05) is 16.8 Å². The minimum atomic E-state index is -0.685.